The number of rotatable bonds is 4. The molecule has 0 amide bonds. The molecule has 0 heterocycles. The maximum absolute atomic E-state index is 14.6. The van der Waals surface area contributed by atoms with Gasteiger partial charge in [0.1, 0.15) is 5.82 Å². The lowest BCUT2D eigenvalue weighted by atomic mass is 9.77. The van der Waals surface area contributed by atoms with Gasteiger partial charge < -0.3 is 0 Å². The standard InChI is InChI=1S/C21H25F/c1-2-6-16-9-11-18(12-10-16)20-14-13-19(15-21(20)22)17-7-4-3-5-8-17/h3-5,7-8,13-16,18H,2,6,9-12H2,1H3/t16-,18-. The van der Waals surface area contributed by atoms with Crippen LogP contribution in [-0.2, 0) is 0 Å². The molecule has 2 aromatic carbocycles. The van der Waals surface area contributed by atoms with Crippen LogP contribution < -0.4 is 0 Å². The molecule has 2 aromatic rings. The number of halogens is 1. The third kappa shape index (κ3) is 3.40. The van der Waals surface area contributed by atoms with Gasteiger partial charge in [0.25, 0.3) is 0 Å². The van der Waals surface area contributed by atoms with Gasteiger partial charge in [-0.1, -0.05) is 62.2 Å². The van der Waals surface area contributed by atoms with E-state index in [4.69, 9.17) is 0 Å². The Morgan fingerprint density at radius 3 is 2.27 bits per heavy atom. The van der Waals surface area contributed by atoms with E-state index >= 15 is 0 Å². The number of hydrogen-bond acceptors (Lipinski definition) is 0. The Bertz CT molecular complexity index is 595. The van der Waals surface area contributed by atoms with E-state index in [9.17, 15) is 4.39 Å². The molecule has 0 unspecified atom stereocenters. The molecule has 22 heavy (non-hydrogen) atoms. The molecule has 116 valence electrons. The number of hydrogen-bond donors (Lipinski definition) is 0. The predicted octanol–water partition coefficient (Wildman–Crippen LogP) is 6.57. The van der Waals surface area contributed by atoms with Crippen molar-refractivity contribution in [1.29, 1.82) is 0 Å². The van der Waals surface area contributed by atoms with Crippen LogP contribution in [0.5, 0.6) is 0 Å². The summed E-state index contributed by atoms with van der Waals surface area (Å²) in [7, 11) is 0. The van der Waals surface area contributed by atoms with Gasteiger partial charge in [-0.2, -0.15) is 0 Å². The van der Waals surface area contributed by atoms with Gasteiger partial charge in [-0.3, -0.25) is 0 Å². The second-order valence-corrected chi connectivity index (χ2v) is 6.61. The molecule has 0 spiro atoms. The topological polar surface area (TPSA) is 0 Å². The summed E-state index contributed by atoms with van der Waals surface area (Å²) in [5, 5.41) is 0. The first-order valence-corrected chi connectivity index (χ1v) is 8.62. The molecule has 0 N–H and O–H groups in total. The lowest BCUT2D eigenvalue weighted by Gasteiger charge is -2.29. The summed E-state index contributed by atoms with van der Waals surface area (Å²) < 4.78 is 14.6. The van der Waals surface area contributed by atoms with Crippen LogP contribution in [-0.4, -0.2) is 0 Å². The molecule has 1 fully saturated rings. The van der Waals surface area contributed by atoms with Crippen LogP contribution in [0.3, 0.4) is 0 Å². The van der Waals surface area contributed by atoms with Gasteiger partial charge in [-0.05, 0) is 60.3 Å². The van der Waals surface area contributed by atoms with Crippen LogP contribution in [0.2, 0.25) is 0 Å². The summed E-state index contributed by atoms with van der Waals surface area (Å²) >= 11 is 0. The summed E-state index contributed by atoms with van der Waals surface area (Å²) in [5.74, 6) is 1.26. The van der Waals surface area contributed by atoms with E-state index in [-0.39, 0.29) is 5.82 Å². The molecule has 1 aliphatic rings. The molecule has 0 bridgehead atoms. The Hall–Kier alpha value is -1.63. The van der Waals surface area contributed by atoms with E-state index in [0.717, 1.165) is 35.4 Å². The molecule has 1 aliphatic carbocycles. The summed E-state index contributed by atoms with van der Waals surface area (Å²) in [4.78, 5) is 0. The van der Waals surface area contributed by atoms with Gasteiger partial charge in [-0.25, -0.2) is 4.39 Å². The lowest BCUT2D eigenvalue weighted by molar-refractivity contribution is 0.304. The fourth-order valence-electron chi connectivity index (χ4n) is 3.84. The highest BCUT2D eigenvalue weighted by Crippen LogP contribution is 2.39. The van der Waals surface area contributed by atoms with Crippen molar-refractivity contribution in [3.05, 3.63) is 59.9 Å². The van der Waals surface area contributed by atoms with E-state index in [1.807, 2.05) is 36.4 Å². The Morgan fingerprint density at radius 2 is 1.64 bits per heavy atom. The molecule has 0 aromatic heterocycles. The molecular weight excluding hydrogens is 271 g/mol. The van der Waals surface area contributed by atoms with Gasteiger partial charge in [0.15, 0.2) is 0 Å². The minimum atomic E-state index is -0.0275. The smallest absolute Gasteiger partial charge is 0.127 e. The monoisotopic (exact) mass is 296 g/mol. The minimum Gasteiger partial charge on any atom is -0.207 e. The summed E-state index contributed by atoms with van der Waals surface area (Å²) in [5.41, 5.74) is 2.98. The normalized spacial score (nSPS) is 21.7. The van der Waals surface area contributed by atoms with Crippen LogP contribution in [0.1, 0.15) is 56.9 Å². The molecule has 1 saturated carbocycles. The zero-order chi connectivity index (χ0) is 15.4. The highest BCUT2D eigenvalue weighted by Gasteiger charge is 2.23. The van der Waals surface area contributed by atoms with E-state index in [1.54, 1.807) is 6.07 Å². The van der Waals surface area contributed by atoms with Crippen LogP contribution in [0.4, 0.5) is 4.39 Å². The second kappa shape index (κ2) is 7.09. The zero-order valence-corrected chi connectivity index (χ0v) is 13.4. The molecule has 1 heteroatoms. The number of benzene rings is 2. The Labute approximate surface area is 133 Å². The van der Waals surface area contributed by atoms with E-state index in [2.05, 4.69) is 13.0 Å². The van der Waals surface area contributed by atoms with Gasteiger partial charge in [0.2, 0.25) is 0 Å². The molecule has 0 atom stereocenters. The van der Waals surface area contributed by atoms with Gasteiger partial charge in [0, 0.05) is 0 Å². The van der Waals surface area contributed by atoms with Crippen molar-refractivity contribution in [2.75, 3.05) is 0 Å². The third-order valence-corrected chi connectivity index (χ3v) is 5.09. The predicted molar refractivity (Wildman–Crippen MR) is 91.4 cm³/mol. The van der Waals surface area contributed by atoms with Crippen molar-refractivity contribution < 1.29 is 4.39 Å². The van der Waals surface area contributed by atoms with E-state index < -0.39 is 0 Å². The summed E-state index contributed by atoms with van der Waals surface area (Å²) in [6.45, 7) is 2.26. The molecule has 0 saturated heterocycles. The second-order valence-electron chi connectivity index (χ2n) is 6.61. The largest absolute Gasteiger partial charge is 0.207 e. The molecule has 0 aliphatic heterocycles. The Kier molecular flexibility index (Phi) is 4.92. The summed E-state index contributed by atoms with van der Waals surface area (Å²) in [6, 6.07) is 15.8. The highest BCUT2D eigenvalue weighted by atomic mass is 19.1. The van der Waals surface area contributed by atoms with E-state index in [0.29, 0.717) is 5.92 Å². The van der Waals surface area contributed by atoms with Crippen molar-refractivity contribution in [2.45, 2.75) is 51.4 Å². The Balaban J connectivity index is 1.73. The fraction of sp³-hybridized carbons (Fsp3) is 0.429. The van der Waals surface area contributed by atoms with E-state index in [1.165, 1.54) is 25.7 Å². The van der Waals surface area contributed by atoms with Crippen LogP contribution in [0, 0.1) is 11.7 Å². The molecular formula is C21H25F. The maximum atomic E-state index is 14.6. The zero-order valence-electron chi connectivity index (χ0n) is 13.4. The molecule has 0 nitrogen and oxygen atoms in total. The first-order valence-electron chi connectivity index (χ1n) is 8.62. The van der Waals surface area contributed by atoms with Gasteiger partial charge in [0.05, 0.1) is 0 Å². The molecule has 3 rings (SSSR count). The first-order chi connectivity index (χ1) is 10.8. The van der Waals surface area contributed by atoms with Gasteiger partial charge >= 0.3 is 0 Å². The SMILES string of the molecule is CCC[C@H]1CC[C@H](c2ccc(-c3ccccc3)cc2F)CC1. The van der Waals surface area contributed by atoms with Crippen LogP contribution in [0.15, 0.2) is 48.5 Å². The lowest BCUT2D eigenvalue weighted by Crippen LogP contribution is -2.14. The highest BCUT2D eigenvalue weighted by molar-refractivity contribution is 5.63. The van der Waals surface area contributed by atoms with Crippen molar-refractivity contribution >= 4 is 0 Å². The average Bonchev–Trinajstić information content (AvgIpc) is 2.57. The Morgan fingerprint density at radius 1 is 0.909 bits per heavy atom. The average molecular weight is 296 g/mol. The maximum Gasteiger partial charge on any atom is 0.127 e. The van der Waals surface area contributed by atoms with Crippen LogP contribution in [0.25, 0.3) is 11.1 Å². The van der Waals surface area contributed by atoms with Crippen LogP contribution >= 0.6 is 0 Å². The molecule has 0 radical (unpaired) electrons. The minimum absolute atomic E-state index is 0.0275. The fourth-order valence-corrected chi connectivity index (χ4v) is 3.84. The summed E-state index contributed by atoms with van der Waals surface area (Å²) in [6.07, 6.45) is 7.42. The van der Waals surface area contributed by atoms with Gasteiger partial charge in [-0.15, -0.1) is 0 Å². The van der Waals surface area contributed by atoms with Crippen molar-refractivity contribution in [1.82, 2.24) is 0 Å². The van der Waals surface area contributed by atoms with Crippen molar-refractivity contribution in [3.63, 3.8) is 0 Å². The quantitative estimate of drug-likeness (QED) is 0.598. The first kappa shape index (κ1) is 15.3. The van der Waals surface area contributed by atoms with Crippen molar-refractivity contribution in [2.24, 2.45) is 5.92 Å². The van der Waals surface area contributed by atoms with Crippen molar-refractivity contribution in [3.8, 4) is 11.1 Å². The third-order valence-electron chi connectivity index (χ3n) is 5.09.